The molecular weight excluding hydrogens is 122 g/mol. The largest absolute Gasteiger partial charge is 0.383 e. The van der Waals surface area contributed by atoms with Crippen LogP contribution in [0.4, 0.5) is 0 Å². The zero-order chi connectivity index (χ0) is 7.98. The van der Waals surface area contributed by atoms with E-state index in [1.54, 1.807) is 12.2 Å². The van der Waals surface area contributed by atoms with Crippen molar-refractivity contribution in [2.45, 2.75) is 19.9 Å². The molecule has 56 valence electrons. The van der Waals surface area contributed by atoms with E-state index in [0.717, 1.165) is 5.70 Å². The maximum Gasteiger partial charge on any atom is 0.0335 e. The predicted molar refractivity (Wildman–Crippen MR) is 46.7 cm³/mol. The highest BCUT2D eigenvalue weighted by molar-refractivity contribution is 5.19. The van der Waals surface area contributed by atoms with Crippen LogP contribution in [0.15, 0.2) is 37.1 Å². The van der Waals surface area contributed by atoms with Crippen molar-refractivity contribution in [1.82, 2.24) is 5.32 Å². The van der Waals surface area contributed by atoms with Gasteiger partial charge in [-0.1, -0.05) is 19.2 Å². The van der Waals surface area contributed by atoms with Gasteiger partial charge < -0.3 is 5.32 Å². The molecule has 0 aromatic heterocycles. The highest BCUT2D eigenvalue weighted by Gasteiger charge is 1.90. The van der Waals surface area contributed by atoms with Gasteiger partial charge in [-0.3, -0.25) is 0 Å². The molecule has 0 aliphatic heterocycles. The first kappa shape index (κ1) is 9.02. The van der Waals surface area contributed by atoms with Gasteiger partial charge in [0.15, 0.2) is 0 Å². The Morgan fingerprint density at radius 1 is 1.40 bits per heavy atom. The second-order valence-electron chi connectivity index (χ2n) is 2.36. The van der Waals surface area contributed by atoms with E-state index >= 15 is 0 Å². The van der Waals surface area contributed by atoms with Crippen LogP contribution in [0.5, 0.6) is 0 Å². The monoisotopic (exact) mass is 137 g/mol. The summed E-state index contributed by atoms with van der Waals surface area (Å²) in [5.41, 5.74) is 1.02. The van der Waals surface area contributed by atoms with Crippen LogP contribution in [0.25, 0.3) is 0 Å². The minimum atomic E-state index is 0.448. The first-order valence-electron chi connectivity index (χ1n) is 3.42. The Morgan fingerprint density at radius 3 is 2.30 bits per heavy atom. The van der Waals surface area contributed by atoms with Gasteiger partial charge in [-0.2, -0.15) is 0 Å². The second kappa shape index (κ2) is 4.86. The fourth-order valence-corrected chi connectivity index (χ4v) is 0.635. The molecule has 0 spiro atoms. The van der Waals surface area contributed by atoms with Gasteiger partial charge in [0.1, 0.15) is 0 Å². The molecule has 0 saturated heterocycles. The second-order valence-corrected chi connectivity index (χ2v) is 2.36. The lowest BCUT2D eigenvalue weighted by Gasteiger charge is -2.09. The molecule has 0 atom stereocenters. The molecule has 0 aliphatic rings. The number of hydrogen-bond acceptors (Lipinski definition) is 1. The summed E-state index contributed by atoms with van der Waals surface area (Å²) in [5.74, 6) is 0. The molecular formula is C9H15N. The van der Waals surface area contributed by atoms with Crippen molar-refractivity contribution >= 4 is 0 Å². The average Bonchev–Trinajstić information content (AvgIpc) is 1.86. The highest BCUT2D eigenvalue weighted by Crippen LogP contribution is 1.92. The molecule has 10 heavy (non-hydrogen) atoms. The van der Waals surface area contributed by atoms with Gasteiger partial charge >= 0.3 is 0 Å². The molecule has 0 aromatic rings. The summed E-state index contributed by atoms with van der Waals surface area (Å²) in [6, 6.07) is 0.448. The van der Waals surface area contributed by atoms with Crippen LogP contribution < -0.4 is 5.32 Å². The Kier molecular flexibility index (Phi) is 4.38. The molecule has 1 nitrogen and oxygen atoms in total. The first-order chi connectivity index (χ1) is 4.70. The van der Waals surface area contributed by atoms with Gasteiger partial charge in [-0.15, -0.1) is 0 Å². The molecule has 0 rings (SSSR count). The molecule has 0 amide bonds. The van der Waals surface area contributed by atoms with Crippen molar-refractivity contribution in [2.24, 2.45) is 0 Å². The molecule has 0 bridgehead atoms. The molecule has 0 aromatic carbocycles. The van der Waals surface area contributed by atoms with Crippen LogP contribution in [0.2, 0.25) is 0 Å². The summed E-state index contributed by atoms with van der Waals surface area (Å²) in [7, 11) is 0. The van der Waals surface area contributed by atoms with Crippen molar-refractivity contribution in [3.05, 3.63) is 37.1 Å². The fraction of sp³-hybridized carbons (Fsp3) is 0.333. The minimum absolute atomic E-state index is 0.448. The van der Waals surface area contributed by atoms with E-state index in [0.29, 0.717) is 6.04 Å². The fourth-order valence-electron chi connectivity index (χ4n) is 0.635. The molecule has 0 aliphatic carbocycles. The molecule has 0 saturated carbocycles. The van der Waals surface area contributed by atoms with Gasteiger partial charge in [-0.25, -0.2) is 0 Å². The van der Waals surface area contributed by atoms with Crippen molar-refractivity contribution in [3.8, 4) is 0 Å². The quantitative estimate of drug-likeness (QED) is 0.586. The van der Waals surface area contributed by atoms with Crippen molar-refractivity contribution in [2.75, 3.05) is 0 Å². The maximum absolute atomic E-state index is 3.65. The average molecular weight is 137 g/mol. The SMILES string of the molecule is C=C/C=C(\C=C)NC(C)C. The lowest BCUT2D eigenvalue weighted by molar-refractivity contribution is 0.681. The Bertz CT molecular complexity index is 143. The van der Waals surface area contributed by atoms with Crippen LogP contribution in [-0.4, -0.2) is 6.04 Å². The topological polar surface area (TPSA) is 12.0 Å². The smallest absolute Gasteiger partial charge is 0.0335 e. The highest BCUT2D eigenvalue weighted by atomic mass is 14.9. The Labute approximate surface area is 63.1 Å². The Morgan fingerprint density at radius 2 is 2.00 bits per heavy atom. The van der Waals surface area contributed by atoms with Gasteiger partial charge in [0.2, 0.25) is 0 Å². The van der Waals surface area contributed by atoms with Gasteiger partial charge in [-0.05, 0) is 26.0 Å². The Balaban J connectivity index is 3.95. The first-order valence-corrected chi connectivity index (χ1v) is 3.42. The summed E-state index contributed by atoms with van der Waals surface area (Å²) in [6.07, 6.45) is 5.42. The zero-order valence-corrected chi connectivity index (χ0v) is 6.72. The van der Waals surface area contributed by atoms with E-state index in [9.17, 15) is 0 Å². The third kappa shape index (κ3) is 3.96. The van der Waals surface area contributed by atoms with Crippen LogP contribution in [0, 0.1) is 0 Å². The van der Waals surface area contributed by atoms with Crippen LogP contribution in [0.3, 0.4) is 0 Å². The number of allylic oxidation sites excluding steroid dienone is 3. The molecule has 0 radical (unpaired) electrons. The molecule has 1 heteroatoms. The van der Waals surface area contributed by atoms with E-state index < -0.39 is 0 Å². The summed E-state index contributed by atoms with van der Waals surface area (Å²) in [5, 5.41) is 3.20. The lowest BCUT2D eigenvalue weighted by atomic mass is 10.3. The van der Waals surface area contributed by atoms with Gasteiger partial charge in [0.05, 0.1) is 0 Å². The number of hydrogen-bond donors (Lipinski definition) is 1. The van der Waals surface area contributed by atoms with E-state index in [1.165, 1.54) is 0 Å². The van der Waals surface area contributed by atoms with E-state index in [4.69, 9.17) is 0 Å². The zero-order valence-electron chi connectivity index (χ0n) is 6.72. The third-order valence-electron chi connectivity index (χ3n) is 0.973. The standard InChI is InChI=1S/C9H15N/c1-5-7-9(6-2)10-8(3)4/h5-8,10H,1-2H2,3-4H3/b9-7+. The minimum Gasteiger partial charge on any atom is -0.383 e. The maximum atomic E-state index is 3.65. The van der Waals surface area contributed by atoms with E-state index in [-0.39, 0.29) is 0 Å². The summed E-state index contributed by atoms with van der Waals surface area (Å²) < 4.78 is 0. The van der Waals surface area contributed by atoms with Gasteiger partial charge in [0, 0.05) is 11.7 Å². The van der Waals surface area contributed by atoms with Crippen molar-refractivity contribution < 1.29 is 0 Å². The van der Waals surface area contributed by atoms with E-state index in [2.05, 4.69) is 32.3 Å². The third-order valence-corrected chi connectivity index (χ3v) is 0.973. The van der Waals surface area contributed by atoms with Gasteiger partial charge in [0.25, 0.3) is 0 Å². The number of rotatable bonds is 4. The molecule has 0 unspecified atom stereocenters. The van der Waals surface area contributed by atoms with Crippen molar-refractivity contribution in [1.29, 1.82) is 0 Å². The van der Waals surface area contributed by atoms with E-state index in [1.807, 2.05) is 6.08 Å². The Hall–Kier alpha value is -0.980. The normalized spacial score (nSPS) is 11.3. The molecule has 0 heterocycles. The molecule has 1 N–H and O–H groups in total. The summed E-state index contributed by atoms with van der Waals surface area (Å²) in [4.78, 5) is 0. The number of nitrogens with one attached hydrogen (secondary N) is 1. The predicted octanol–water partition coefficient (Wildman–Crippen LogP) is 2.24. The van der Waals surface area contributed by atoms with Crippen molar-refractivity contribution in [3.63, 3.8) is 0 Å². The lowest BCUT2D eigenvalue weighted by Crippen LogP contribution is -2.20. The summed E-state index contributed by atoms with van der Waals surface area (Å²) >= 11 is 0. The van der Waals surface area contributed by atoms with Crippen LogP contribution in [-0.2, 0) is 0 Å². The van der Waals surface area contributed by atoms with Crippen LogP contribution >= 0.6 is 0 Å². The van der Waals surface area contributed by atoms with Crippen LogP contribution in [0.1, 0.15) is 13.8 Å². The molecule has 0 fully saturated rings. The summed E-state index contributed by atoms with van der Waals surface area (Å²) in [6.45, 7) is 11.4.